The van der Waals surface area contributed by atoms with Crippen molar-refractivity contribution < 1.29 is 4.39 Å². The zero-order chi connectivity index (χ0) is 13.8. The van der Waals surface area contributed by atoms with Gasteiger partial charge in [0.2, 0.25) is 0 Å². The van der Waals surface area contributed by atoms with Gasteiger partial charge in [0, 0.05) is 32.2 Å². The van der Waals surface area contributed by atoms with Crippen LogP contribution in [0, 0.1) is 18.7 Å². The third kappa shape index (κ3) is 5.74. The first-order valence-corrected chi connectivity index (χ1v) is 7.28. The highest BCUT2D eigenvalue weighted by molar-refractivity contribution is 5.85. The summed E-state index contributed by atoms with van der Waals surface area (Å²) in [6.07, 6.45) is 1.09. The Morgan fingerprint density at radius 2 is 1.81 bits per heavy atom. The quantitative estimate of drug-likeness (QED) is 0.894. The molecule has 1 fully saturated rings. The molecule has 0 radical (unpaired) electrons. The van der Waals surface area contributed by atoms with Crippen LogP contribution in [0.2, 0.25) is 0 Å². The van der Waals surface area contributed by atoms with E-state index in [1.807, 2.05) is 13.0 Å². The lowest BCUT2D eigenvalue weighted by Gasteiger charge is -2.36. The minimum absolute atomic E-state index is 0. The topological polar surface area (TPSA) is 15.3 Å². The second-order valence-corrected chi connectivity index (χ2v) is 5.94. The van der Waals surface area contributed by atoms with Gasteiger partial charge in [-0.2, -0.15) is 0 Å². The standard InChI is InChI=1S/C16H25FN2.2ClH/c1-12(2)10-16(19-8-6-18-7-9-19)14-5-4-13(3)15(17)11-14;;/h4-5,11-12,16,18H,6-10H2,1-3H3;2*1H/t16-;;/m0../s1. The lowest BCUT2D eigenvalue weighted by Crippen LogP contribution is -2.45. The fourth-order valence-corrected chi connectivity index (χ4v) is 2.75. The van der Waals surface area contributed by atoms with Gasteiger partial charge in [0.05, 0.1) is 0 Å². The molecule has 1 aliphatic heterocycles. The van der Waals surface area contributed by atoms with Crippen molar-refractivity contribution in [3.8, 4) is 0 Å². The number of rotatable bonds is 4. The summed E-state index contributed by atoms with van der Waals surface area (Å²) in [5, 5.41) is 3.38. The highest BCUT2D eigenvalue weighted by Crippen LogP contribution is 2.29. The summed E-state index contributed by atoms with van der Waals surface area (Å²) < 4.78 is 13.8. The number of benzene rings is 1. The molecule has 1 heterocycles. The van der Waals surface area contributed by atoms with Crippen LogP contribution in [0.3, 0.4) is 0 Å². The van der Waals surface area contributed by atoms with Crippen LogP contribution in [0.1, 0.15) is 37.4 Å². The van der Waals surface area contributed by atoms with E-state index in [-0.39, 0.29) is 30.6 Å². The molecule has 2 rings (SSSR count). The molecular weight excluding hydrogens is 310 g/mol. The van der Waals surface area contributed by atoms with E-state index >= 15 is 0 Å². The van der Waals surface area contributed by atoms with Crippen molar-refractivity contribution in [1.29, 1.82) is 0 Å². The maximum Gasteiger partial charge on any atom is 0.126 e. The normalized spacial score (nSPS) is 17.0. The minimum Gasteiger partial charge on any atom is -0.314 e. The van der Waals surface area contributed by atoms with Gasteiger partial charge in [-0.15, -0.1) is 24.8 Å². The summed E-state index contributed by atoms with van der Waals surface area (Å²) in [5.74, 6) is 0.533. The smallest absolute Gasteiger partial charge is 0.126 e. The van der Waals surface area contributed by atoms with Crippen LogP contribution in [0.15, 0.2) is 18.2 Å². The molecule has 1 aliphatic rings. The van der Waals surface area contributed by atoms with Crippen molar-refractivity contribution in [1.82, 2.24) is 10.2 Å². The predicted molar refractivity (Wildman–Crippen MR) is 92.3 cm³/mol. The Balaban J connectivity index is 0.00000200. The van der Waals surface area contributed by atoms with Gasteiger partial charge in [-0.05, 0) is 36.5 Å². The Morgan fingerprint density at radius 3 is 2.33 bits per heavy atom. The first-order valence-electron chi connectivity index (χ1n) is 7.28. The number of aryl methyl sites for hydroxylation is 1. The zero-order valence-corrected chi connectivity index (χ0v) is 14.7. The molecule has 21 heavy (non-hydrogen) atoms. The van der Waals surface area contributed by atoms with Gasteiger partial charge >= 0.3 is 0 Å². The molecule has 1 atom stereocenters. The van der Waals surface area contributed by atoms with Gasteiger partial charge in [0.1, 0.15) is 5.82 Å². The van der Waals surface area contributed by atoms with Crippen molar-refractivity contribution in [2.75, 3.05) is 26.2 Å². The summed E-state index contributed by atoms with van der Waals surface area (Å²) in [7, 11) is 0. The number of nitrogens with one attached hydrogen (secondary N) is 1. The molecule has 122 valence electrons. The van der Waals surface area contributed by atoms with E-state index < -0.39 is 0 Å². The number of piperazine rings is 1. The van der Waals surface area contributed by atoms with Gasteiger partial charge in [-0.3, -0.25) is 4.90 Å². The fraction of sp³-hybridized carbons (Fsp3) is 0.625. The predicted octanol–water partition coefficient (Wildman–Crippen LogP) is 3.97. The largest absolute Gasteiger partial charge is 0.314 e. The van der Waals surface area contributed by atoms with Crippen LogP contribution in [-0.2, 0) is 0 Å². The first kappa shape index (κ1) is 20.6. The maximum absolute atomic E-state index is 13.8. The van der Waals surface area contributed by atoms with E-state index in [1.165, 1.54) is 0 Å². The Bertz CT molecular complexity index is 421. The van der Waals surface area contributed by atoms with Crippen LogP contribution in [0.25, 0.3) is 0 Å². The lowest BCUT2D eigenvalue weighted by molar-refractivity contribution is 0.154. The van der Waals surface area contributed by atoms with Crippen molar-refractivity contribution >= 4 is 24.8 Å². The molecule has 0 aliphatic carbocycles. The number of hydrogen-bond donors (Lipinski definition) is 1. The molecule has 0 unspecified atom stereocenters. The summed E-state index contributed by atoms with van der Waals surface area (Å²) in [6, 6.07) is 6.06. The average molecular weight is 337 g/mol. The maximum atomic E-state index is 13.8. The zero-order valence-electron chi connectivity index (χ0n) is 13.1. The second-order valence-electron chi connectivity index (χ2n) is 5.94. The van der Waals surface area contributed by atoms with Crippen LogP contribution >= 0.6 is 24.8 Å². The van der Waals surface area contributed by atoms with Gasteiger partial charge < -0.3 is 5.32 Å². The molecule has 1 aromatic rings. The molecule has 0 spiro atoms. The molecule has 5 heteroatoms. The average Bonchev–Trinajstić information content (AvgIpc) is 2.40. The van der Waals surface area contributed by atoms with E-state index in [1.54, 1.807) is 6.07 Å². The van der Waals surface area contributed by atoms with E-state index in [9.17, 15) is 4.39 Å². The van der Waals surface area contributed by atoms with Crippen LogP contribution in [-0.4, -0.2) is 31.1 Å². The number of halogens is 3. The molecule has 2 nitrogen and oxygen atoms in total. The molecule has 0 bridgehead atoms. The van der Waals surface area contributed by atoms with Crippen LogP contribution in [0.5, 0.6) is 0 Å². The molecule has 1 N–H and O–H groups in total. The van der Waals surface area contributed by atoms with Gasteiger partial charge in [0.25, 0.3) is 0 Å². The Kier molecular flexibility index (Phi) is 9.46. The van der Waals surface area contributed by atoms with Crippen molar-refractivity contribution in [3.63, 3.8) is 0 Å². The highest BCUT2D eigenvalue weighted by atomic mass is 35.5. The Hall–Kier alpha value is -0.350. The van der Waals surface area contributed by atoms with E-state index in [2.05, 4.69) is 30.1 Å². The second kappa shape index (κ2) is 9.62. The third-order valence-electron chi connectivity index (χ3n) is 3.87. The van der Waals surface area contributed by atoms with Gasteiger partial charge in [0.15, 0.2) is 0 Å². The molecule has 0 amide bonds. The highest BCUT2D eigenvalue weighted by Gasteiger charge is 2.23. The van der Waals surface area contributed by atoms with Crippen LogP contribution < -0.4 is 5.32 Å². The van der Waals surface area contributed by atoms with Crippen molar-refractivity contribution in [2.45, 2.75) is 33.2 Å². The Labute approximate surface area is 140 Å². The molecular formula is C16H27Cl2FN2. The summed E-state index contributed by atoms with van der Waals surface area (Å²) in [5.41, 5.74) is 1.85. The number of nitrogens with zero attached hydrogens (tertiary/aromatic N) is 1. The monoisotopic (exact) mass is 336 g/mol. The third-order valence-corrected chi connectivity index (χ3v) is 3.87. The SMILES string of the molecule is Cc1ccc([C@H](CC(C)C)N2CCNCC2)cc1F.Cl.Cl. The summed E-state index contributed by atoms with van der Waals surface area (Å²) in [6.45, 7) is 10.5. The van der Waals surface area contributed by atoms with Crippen LogP contribution in [0.4, 0.5) is 4.39 Å². The van der Waals surface area contributed by atoms with Crippen molar-refractivity contribution in [3.05, 3.63) is 35.1 Å². The molecule has 1 saturated heterocycles. The lowest BCUT2D eigenvalue weighted by atomic mass is 9.94. The number of hydrogen-bond acceptors (Lipinski definition) is 2. The van der Waals surface area contributed by atoms with E-state index in [0.717, 1.165) is 43.7 Å². The summed E-state index contributed by atoms with van der Waals surface area (Å²) in [4.78, 5) is 2.49. The van der Waals surface area contributed by atoms with Gasteiger partial charge in [-0.25, -0.2) is 4.39 Å². The first-order chi connectivity index (χ1) is 9.08. The molecule has 1 aromatic carbocycles. The Morgan fingerprint density at radius 1 is 1.19 bits per heavy atom. The molecule has 0 aromatic heterocycles. The molecule has 0 saturated carbocycles. The van der Waals surface area contributed by atoms with E-state index in [0.29, 0.717) is 12.0 Å². The van der Waals surface area contributed by atoms with Gasteiger partial charge in [-0.1, -0.05) is 26.0 Å². The minimum atomic E-state index is -0.0820. The summed E-state index contributed by atoms with van der Waals surface area (Å²) >= 11 is 0. The fourth-order valence-electron chi connectivity index (χ4n) is 2.75. The van der Waals surface area contributed by atoms with E-state index in [4.69, 9.17) is 0 Å². The van der Waals surface area contributed by atoms with Crippen molar-refractivity contribution in [2.24, 2.45) is 5.92 Å².